The molecule has 0 fully saturated rings. The lowest BCUT2D eigenvalue weighted by Crippen LogP contribution is -2.53. The van der Waals surface area contributed by atoms with Gasteiger partial charge in [0.05, 0.1) is 26.2 Å². The lowest BCUT2D eigenvalue weighted by molar-refractivity contribution is -0.140. The first-order valence-electron chi connectivity index (χ1n) is 13.4. The van der Waals surface area contributed by atoms with Crippen molar-refractivity contribution < 1.29 is 27.5 Å². The number of carbonyl (C=O) groups excluding carboxylic acids is 2. The maximum absolute atomic E-state index is 14.2. The van der Waals surface area contributed by atoms with Crippen LogP contribution in [0.15, 0.2) is 78.9 Å². The zero-order valence-electron chi connectivity index (χ0n) is 24.2. The summed E-state index contributed by atoms with van der Waals surface area (Å²) in [7, 11) is -0.916. The molecule has 0 radical (unpaired) electrons. The second-order valence-corrected chi connectivity index (χ2v) is 12.1. The Kier molecular flexibility index (Phi) is 11.2. The van der Waals surface area contributed by atoms with Crippen LogP contribution < -0.4 is 19.1 Å². The van der Waals surface area contributed by atoms with Gasteiger partial charge in [0, 0.05) is 19.5 Å². The topological polar surface area (TPSA) is 105 Å². The molecule has 0 aliphatic rings. The number of hydrogen-bond acceptors (Lipinski definition) is 6. The third kappa shape index (κ3) is 8.97. The van der Waals surface area contributed by atoms with E-state index < -0.39 is 28.5 Å². The SMILES string of the molecule is COc1cccc(CN(C(=O)CN(c2ccccc2OC)S(C)(=O)=O)[C@@H](Cc2ccccc2)C(=O)NCC(C)C)c1. The summed E-state index contributed by atoms with van der Waals surface area (Å²) in [4.78, 5) is 29.3. The number of carbonyl (C=O) groups is 2. The highest BCUT2D eigenvalue weighted by Crippen LogP contribution is 2.30. The van der Waals surface area contributed by atoms with Crippen molar-refractivity contribution in [2.45, 2.75) is 32.9 Å². The summed E-state index contributed by atoms with van der Waals surface area (Å²) in [6.07, 6.45) is 1.28. The largest absolute Gasteiger partial charge is 0.497 e. The number of rotatable bonds is 14. The third-order valence-electron chi connectivity index (χ3n) is 6.48. The molecule has 1 atom stereocenters. The van der Waals surface area contributed by atoms with Crippen molar-refractivity contribution in [1.29, 1.82) is 0 Å². The Morgan fingerprint density at radius 3 is 2.17 bits per heavy atom. The number of anilines is 1. The van der Waals surface area contributed by atoms with Crippen LogP contribution in [0.25, 0.3) is 0 Å². The van der Waals surface area contributed by atoms with Crippen LogP contribution in [0.3, 0.4) is 0 Å². The molecule has 0 aromatic heterocycles. The van der Waals surface area contributed by atoms with Gasteiger partial charge in [0.1, 0.15) is 24.1 Å². The van der Waals surface area contributed by atoms with E-state index in [1.54, 1.807) is 49.6 Å². The monoisotopic (exact) mass is 581 g/mol. The van der Waals surface area contributed by atoms with E-state index in [-0.39, 0.29) is 30.5 Å². The fourth-order valence-electron chi connectivity index (χ4n) is 4.37. The lowest BCUT2D eigenvalue weighted by atomic mass is 10.0. The fourth-order valence-corrected chi connectivity index (χ4v) is 5.23. The van der Waals surface area contributed by atoms with Gasteiger partial charge in [-0.1, -0.05) is 68.4 Å². The second-order valence-electron chi connectivity index (χ2n) is 10.2. The number of amides is 2. The zero-order chi connectivity index (χ0) is 30.0. The molecule has 0 saturated heterocycles. The number of sulfonamides is 1. The third-order valence-corrected chi connectivity index (χ3v) is 7.60. The van der Waals surface area contributed by atoms with Gasteiger partial charge in [0.2, 0.25) is 21.8 Å². The maximum Gasteiger partial charge on any atom is 0.244 e. The van der Waals surface area contributed by atoms with Gasteiger partial charge >= 0.3 is 0 Å². The van der Waals surface area contributed by atoms with Crippen LogP contribution in [0.2, 0.25) is 0 Å². The molecule has 1 N–H and O–H groups in total. The molecule has 0 aliphatic heterocycles. The molecule has 3 aromatic rings. The summed E-state index contributed by atoms with van der Waals surface area (Å²) in [5, 5.41) is 2.97. The number of para-hydroxylation sites is 2. The molecule has 3 rings (SSSR count). The molecule has 0 aliphatic carbocycles. The van der Waals surface area contributed by atoms with Crippen LogP contribution in [0.4, 0.5) is 5.69 Å². The summed E-state index contributed by atoms with van der Waals surface area (Å²) in [5.41, 5.74) is 1.83. The van der Waals surface area contributed by atoms with Crippen LogP contribution in [0.1, 0.15) is 25.0 Å². The maximum atomic E-state index is 14.2. The number of nitrogens with one attached hydrogen (secondary N) is 1. The summed E-state index contributed by atoms with van der Waals surface area (Å²) < 4.78 is 37.7. The minimum Gasteiger partial charge on any atom is -0.497 e. The highest BCUT2D eigenvalue weighted by molar-refractivity contribution is 7.92. The summed E-state index contributed by atoms with van der Waals surface area (Å²) in [6, 6.07) is 22.3. The molecule has 0 spiro atoms. The number of benzene rings is 3. The molecule has 0 heterocycles. The van der Waals surface area contributed by atoms with Gasteiger partial charge in [-0.25, -0.2) is 8.42 Å². The van der Waals surface area contributed by atoms with Crippen molar-refractivity contribution in [3.8, 4) is 11.5 Å². The Bertz CT molecular complexity index is 1410. The molecule has 0 saturated carbocycles. The standard InChI is InChI=1S/C31H39N3O6S/c1-23(2)20-32-31(36)28(19-24-12-7-6-8-13-24)33(21-25-14-11-15-26(18-25)39-3)30(35)22-34(41(5,37)38)27-16-9-10-17-29(27)40-4/h6-18,23,28H,19-22H2,1-5H3,(H,32,36)/t28-/m0/s1. The first-order chi connectivity index (χ1) is 19.5. The van der Waals surface area contributed by atoms with Crippen molar-refractivity contribution in [2.75, 3.05) is 37.9 Å². The number of hydrogen-bond donors (Lipinski definition) is 1. The minimum atomic E-state index is -3.90. The lowest BCUT2D eigenvalue weighted by Gasteiger charge is -2.34. The van der Waals surface area contributed by atoms with Gasteiger partial charge in [-0.15, -0.1) is 0 Å². The highest BCUT2D eigenvalue weighted by Gasteiger charge is 2.33. The summed E-state index contributed by atoms with van der Waals surface area (Å²) in [5.74, 6) is 0.253. The molecule has 0 unspecified atom stereocenters. The number of methoxy groups -OCH3 is 2. The Balaban J connectivity index is 2.08. The molecule has 2 amide bonds. The van der Waals surface area contributed by atoms with E-state index in [2.05, 4.69) is 5.32 Å². The second kappa shape index (κ2) is 14.5. The van der Waals surface area contributed by atoms with E-state index >= 15 is 0 Å². The van der Waals surface area contributed by atoms with E-state index in [9.17, 15) is 18.0 Å². The molecule has 0 bridgehead atoms. The Morgan fingerprint density at radius 1 is 0.878 bits per heavy atom. The van der Waals surface area contributed by atoms with E-state index in [0.29, 0.717) is 18.0 Å². The Labute approximate surface area is 243 Å². The molecule has 220 valence electrons. The zero-order valence-corrected chi connectivity index (χ0v) is 25.1. The molecule has 41 heavy (non-hydrogen) atoms. The summed E-state index contributed by atoms with van der Waals surface area (Å²) >= 11 is 0. The van der Waals surface area contributed by atoms with Crippen molar-refractivity contribution >= 4 is 27.5 Å². The molecule has 3 aromatic carbocycles. The van der Waals surface area contributed by atoms with Crippen LogP contribution in [0.5, 0.6) is 11.5 Å². The van der Waals surface area contributed by atoms with Gasteiger partial charge in [-0.3, -0.25) is 13.9 Å². The van der Waals surface area contributed by atoms with Crippen LogP contribution in [0, 0.1) is 5.92 Å². The quantitative estimate of drug-likeness (QED) is 0.310. The first kappa shape index (κ1) is 31.5. The van der Waals surface area contributed by atoms with Gasteiger partial charge in [0.25, 0.3) is 0 Å². The van der Waals surface area contributed by atoms with Gasteiger partial charge < -0.3 is 19.7 Å². The fraction of sp³-hybridized carbons (Fsp3) is 0.355. The molecule has 9 nitrogen and oxygen atoms in total. The van der Waals surface area contributed by atoms with E-state index in [1.807, 2.05) is 50.2 Å². The van der Waals surface area contributed by atoms with Crippen molar-refractivity contribution in [3.05, 3.63) is 90.0 Å². The van der Waals surface area contributed by atoms with Crippen LogP contribution in [-0.4, -0.2) is 64.7 Å². The predicted octanol–water partition coefficient (Wildman–Crippen LogP) is 3.88. The molecular formula is C31H39N3O6S. The van der Waals surface area contributed by atoms with Crippen LogP contribution in [-0.2, 0) is 32.6 Å². The van der Waals surface area contributed by atoms with Crippen LogP contribution >= 0.6 is 0 Å². The average molecular weight is 582 g/mol. The van der Waals surface area contributed by atoms with E-state index in [4.69, 9.17) is 9.47 Å². The van der Waals surface area contributed by atoms with Crippen molar-refractivity contribution in [1.82, 2.24) is 10.2 Å². The number of ether oxygens (including phenoxy) is 2. The Morgan fingerprint density at radius 2 is 1.54 bits per heavy atom. The van der Waals surface area contributed by atoms with E-state index in [1.165, 1.54) is 12.0 Å². The van der Waals surface area contributed by atoms with Gasteiger partial charge in [-0.2, -0.15) is 0 Å². The smallest absolute Gasteiger partial charge is 0.244 e. The van der Waals surface area contributed by atoms with E-state index in [0.717, 1.165) is 21.7 Å². The minimum absolute atomic E-state index is 0.0617. The first-order valence-corrected chi connectivity index (χ1v) is 15.2. The van der Waals surface area contributed by atoms with Crippen molar-refractivity contribution in [3.63, 3.8) is 0 Å². The number of nitrogens with zero attached hydrogens (tertiary/aromatic N) is 2. The van der Waals surface area contributed by atoms with Gasteiger partial charge in [0.15, 0.2) is 0 Å². The predicted molar refractivity (Wildman–Crippen MR) is 161 cm³/mol. The molecular weight excluding hydrogens is 542 g/mol. The summed E-state index contributed by atoms with van der Waals surface area (Å²) in [6.45, 7) is 3.95. The average Bonchev–Trinajstić information content (AvgIpc) is 2.96. The Hall–Kier alpha value is -4.05. The van der Waals surface area contributed by atoms with Gasteiger partial charge in [-0.05, 0) is 41.3 Å². The molecule has 10 heteroatoms. The normalized spacial score (nSPS) is 12.0. The van der Waals surface area contributed by atoms with Crippen molar-refractivity contribution in [2.24, 2.45) is 5.92 Å². The highest BCUT2D eigenvalue weighted by atomic mass is 32.2.